The SMILES string of the molecule is Cc1cc(C(=O)N2CCC(c3noc(-c4ccsc4)n3)C2)no1. The number of hydrogen-bond donors (Lipinski definition) is 0. The third-order valence-electron chi connectivity index (χ3n) is 3.90. The van der Waals surface area contributed by atoms with Crippen molar-refractivity contribution in [3.63, 3.8) is 0 Å². The minimum absolute atomic E-state index is 0.0862. The molecule has 0 saturated carbocycles. The minimum atomic E-state index is -0.120. The van der Waals surface area contributed by atoms with Crippen molar-refractivity contribution in [1.29, 1.82) is 0 Å². The molecular formula is C15H14N4O3S. The smallest absolute Gasteiger partial charge is 0.276 e. The average Bonchev–Trinajstić information content (AvgIpc) is 3.30. The zero-order valence-electron chi connectivity index (χ0n) is 12.4. The first-order chi connectivity index (χ1) is 11.2. The molecule has 4 rings (SSSR count). The van der Waals surface area contributed by atoms with Crippen LogP contribution in [0.2, 0.25) is 0 Å². The Labute approximate surface area is 135 Å². The Morgan fingerprint density at radius 3 is 3.04 bits per heavy atom. The van der Waals surface area contributed by atoms with Crippen LogP contribution in [0, 0.1) is 6.92 Å². The number of likely N-dealkylation sites (tertiary alicyclic amines) is 1. The second-order valence-electron chi connectivity index (χ2n) is 5.53. The zero-order valence-corrected chi connectivity index (χ0v) is 13.2. The Bertz CT molecular complexity index is 824. The lowest BCUT2D eigenvalue weighted by molar-refractivity contribution is 0.0780. The van der Waals surface area contributed by atoms with E-state index in [1.165, 1.54) is 0 Å². The number of carbonyl (C=O) groups is 1. The van der Waals surface area contributed by atoms with Crippen LogP contribution >= 0.6 is 11.3 Å². The van der Waals surface area contributed by atoms with Crippen LogP contribution in [0.15, 0.2) is 31.9 Å². The first-order valence-corrected chi connectivity index (χ1v) is 8.24. The second kappa shape index (κ2) is 5.62. The topological polar surface area (TPSA) is 85.3 Å². The summed E-state index contributed by atoms with van der Waals surface area (Å²) in [5, 5.41) is 11.8. The fourth-order valence-corrected chi connectivity index (χ4v) is 3.32. The van der Waals surface area contributed by atoms with Crippen LogP contribution in [0.3, 0.4) is 0 Å². The van der Waals surface area contributed by atoms with Gasteiger partial charge in [0.1, 0.15) is 5.76 Å². The van der Waals surface area contributed by atoms with E-state index in [1.54, 1.807) is 29.2 Å². The molecule has 3 aromatic rings. The van der Waals surface area contributed by atoms with E-state index in [0.717, 1.165) is 12.0 Å². The van der Waals surface area contributed by atoms with Crippen LogP contribution in [0.5, 0.6) is 0 Å². The third kappa shape index (κ3) is 2.65. The van der Waals surface area contributed by atoms with Gasteiger partial charge in [-0.1, -0.05) is 10.3 Å². The van der Waals surface area contributed by atoms with Gasteiger partial charge in [-0.25, -0.2) is 0 Å². The van der Waals surface area contributed by atoms with Crippen molar-refractivity contribution < 1.29 is 13.8 Å². The van der Waals surface area contributed by atoms with Crippen molar-refractivity contribution in [2.45, 2.75) is 19.3 Å². The Hall–Kier alpha value is -2.48. The third-order valence-corrected chi connectivity index (χ3v) is 4.58. The summed E-state index contributed by atoms with van der Waals surface area (Å²) in [7, 11) is 0. The molecule has 8 heteroatoms. The molecule has 1 aliphatic heterocycles. The van der Waals surface area contributed by atoms with E-state index < -0.39 is 0 Å². The molecule has 1 amide bonds. The average molecular weight is 330 g/mol. The highest BCUT2D eigenvalue weighted by atomic mass is 32.1. The lowest BCUT2D eigenvalue weighted by atomic mass is 10.1. The number of aryl methyl sites for hydroxylation is 1. The van der Waals surface area contributed by atoms with Crippen molar-refractivity contribution in [2.24, 2.45) is 0 Å². The van der Waals surface area contributed by atoms with Crippen LogP contribution in [0.1, 0.15) is 34.4 Å². The van der Waals surface area contributed by atoms with E-state index >= 15 is 0 Å². The largest absolute Gasteiger partial charge is 0.361 e. The summed E-state index contributed by atoms with van der Waals surface area (Å²) in [6.07, 6.45) is 0.811. The lowest BCUT2D eigenvalue weighted by Gasteiger charge is -2.13. The van der Waals surface area contributed by atoms with Gasteiger partial charge in [0, 0.05) is 30.5 Å². The summed E-state index contributed by atoms with van der Waals surface area (Å²) < 4.78 is 10.3. The minimum Gasteiger partial charge on any atom is -0.361 e. The first-order valence-electron chi connectivity index (χ1n) is 7.29. The van der Waals surface area contributed by atoms with Crippen LogP contribution in [0.4, 0.5) is 0 Å². The van der Waals surface area contributed by atoms with Crippen molar-refractivity contribution in [3.05, 3.63) is 40.2 Å². The number of rotatable bonds is 3. The molecule has 1 fully saturated rings. The van der Waals surface area contributed by atoms with E-state index in [9.17, 15) is 4.79 Å². The molecule has 23 heavy (non-hydrogen) atoms. The number of hydrogen-bond acceptors (Lipinski definition) is 7. The predicted octanol–water partition coefficient (Wildman–Crippen LogP) is 2.72. The normalized spacial score (nSPS) is 17.8. The number of nitrogens with zero attached hydrogens (tertiary/aromatic N) is 4. The molecule has 1 saturated heterocycles. The number of aromatic nitrogens is 3. The molecule has 7 nitrogen and oxygen atoms in total. The fourth-order valence-electron chi connectivity index (χ4n) is 2.69. The monoisotopic (exact) mass is 330 g/mol. The van der Waals surface area contributed by atoms with Crippen molar-refractivity contribution in [3.8, 4) is 11.5 Å². The molecular weight excluding hydrogens is 316 g/mol. The molecule has 0 N–H and O–H groups in total. The summed E-state index contributed by atoms with van der Waals surface area (Å²) in [6, 6.07) is 3.60. The van der Waals surface area contributed by atoms with Crippen molar-refractivity contribution in [1.82, 2.24) is 20.2 Å². The summed E-state index contributed by atoms with van der Waals surface area (Å²) in [5.41, 5.74) is 1.27. The molecule has 3 aromatic heterocycles. The summed E-state index contributed by atoms with van der Waals surface area (Å²) in [5.74, 6) is 1.77. The molecule has 0 aromatic carbocycles. The quantitative estimate of drug-likeness (QED) is 0.734. The Morgan fingerprint density at radius 2 is 2.30 bits per heavy atom. The van der Waals surface area contributed by atoms with Gasteiger partial charge >= 0.3 is 0 Å². The predicted molar refractivity (Wildman–Crippen MR) is 82.1 cm³/mol. The Kier molecular flexibility index (Phi) is 3.45. The summed E-state index contributed by atoms with van der Waals surface area (Å²) in [4.78, 5) is 18.6. The molecule has 0 spiro atoms. The Balaban J connectivity index is 1.47. The maximum absolute atomic E-state index is 12.4. The van der Waals surface area contributed by atoms with Gasteiger partial charge in [-0.05, 0) is 24.8 Å². The van der Waals surface area contributed by atoms with Gasteiger partial charge in [-0.2, -0.15) is 16.3 Å². The van der Waals surface area contributed by atoms with Gasteiger partial charge in [0.2, 0.25) is 0 Å². The lowest BCUT2D eigenvalue weighted by Crippen LogP contribution is -2.28. The highest BCUT2D eigenvalue weighted by Crippen LogP contribution is 2.28. The molecule has 118 valence electrons. The van der Waals surface area contributed by atoms with E-state index in [-0.39, 0.29) is 11.8 Å². The molecule has 1 unspecified atom stereocenters. The van der Waals surface area contributed by atoms with E-state index in [4.69, 9.17) is 9.05 Å². The molecule has 4 heterocycles. The highest BCUT2D eigenvalue weighted by molar-refractivity contribution is 7.08. The summed E-state index contributed by atoms with van der Waals surface area (Å²) in [6.45, 7) is 2.98. The van der Waals surface area contributed by atoms with Crippen molar-refractivity contribution in [2.75, 3.05) is 13.1 Å². The van der Waals surface area contributed by atoms with E-state index in [0.29, 0.717) is 36.3 Å². The first kappa shape index (κ1) is 14.1. The fraction of sp³-hybridized carbons (Fsp3) is 0.333. The van der Waals surface area contributed by atoms with Crippen LogP contribution in [-0.4, -0.2) is 39.2 Å². The molecule has 0 radical (unpaired) electrons. The number of carbonyl (C=O) groups excluding carboxylic acids is 1. The second-order valence-corrected chi connectivity index (χ2v) is 6.31. The van der Waals surface area contributed by atoms with Gasteiger partial charge in [-0.3, -0.25) is 4.79 Å². The Morgan fingerprint density at radius 1 is 1.39 bits per heavy atom. The van der Waals surface area contributed by atoms with Crippen LogP contribution in [-0.2, 0) is 0 Å². The molecule has 0 bridgehead atoms. The summed E-state index contributed by atoms with van der Waals surface area (Å²) >= 11 is 1.58. The maximum atomic E-state index is 12.4. The molecule has 1 aliphatic rings. The number of amides is 1. The van der Waals surface area contributed by atoms with E-state index in [1.807, 2.05) is 16.8 Å². The molecule has 1 atom stereocenters. The molecule has 0 aliphatic carbocycles. The van der Waals surface area contributed by atoms with E-state index in [2.05, 4.69) is 15.3 Å². The van der Waals surface area contributed by atoms with Gasteiger partial charge in [0.25, 0.3) is 11.8 Å². The van der Waals surface area contributed by atoms with Gasteiger partial charge in [-0.15, -0.1) is 0 Å². The maximum Gasteiger partial charge on any atom is 0.276 e. The number of thiophene rings is 1. The zero-order chi connectivity index (χ0) is 15.8. The van der Waals surface area contributed by atoms with Crippen LogP contribution < -0.4 is 0 Å². The standard InChI is InChI=1S/C15H14N4O3S/c1-9-6-12(17-21-9)15(20)19-4-2-10(7-19)13-16-14(22-18-13)11-3-5-23-8-11/h3,5-6,8,10H,2,4,7H2,1H3. The van der Waals surface area contributed by atoms with Crippen molar-refractivity contribution >= 4 is 17.2 Å². The highest BCUT2D eigenvalue weighted by Gasteiger charge is 2.32. The van der Waals surface area contributed by atoms with Gasteiger partial charge in [0.05, 0.1) is 5.56 Å². The van der Waals surface area contributed by atoms with Gasteiger partial charge in [0.15, 0.2) is 11.5 Å². The van der Waals surface area contributed by atoms with Gasteiger partial charge < -0.3 is 13.9 Å². The van der Waals surface area contributed by atoms with Crippen LogP contribution in [0.25, 0.3) is 11.5 Å².